The Balaban J connectivity index is 2.24. The smallest absolute Gasteiger partial charge is 0.354 e. The van der Waals surface area contributed by atoms with Crippen LogP contribution < -0.4 is 0 Å². The van der Waals surface area contributed by atoms with Gasteiger partial charge in [0.15, 0.2) is 0 Å². The summed E-state index contributed by atoms with van der Waals surface area (Å²) >= 11 is 0. The van der Waals surface area contributed by atoms with Crippen LogP contribution in [0.3, 0.4) is 0 Å². The SMILES string of the molecule is CCC(C)c1ccc(-c2ccc(C(=O)O)nc2)cc1. The number of aromatic nitrogens is 1. The molecule has 1 aromatic heterocycles. The van der Waals surface area contributed by atoms with Crippen LogP contribution in [0.15, 0.2) is 42.6 Å². The molecule has 1 heterocycles. The van der Waals surface area contributed by atoms with Crippen LogP contribution in [0.5, 0.6) is 0 Å². The molecule has 1 N–H and O–H groups in total. The molecule has 1 unspecified atom stereocenters. The molecule has 0 amide bonds. The van der Waals surface area contributed by atoms with Crippen LogP contribution in [0.25, 0.3) is 11.1 Å². The molecule has 0 spiro atoms. The Morgan fingerprint density at radius 1 is 1.16 bits per heavy atom. The lowest BCUT2D eigenvalue weighted by molar-refractivity contribution is 0.0690. The average molecular weight is 255 g/mol. The second-order valence-electron chi connectivity index (χ2n) is 4.67. The maximum Gasteiger partial charge on any atom is 0.354 e. The lowest BCUT2D eigenvalue weighted by atomic mass is 9.96. The highest BCUT2D eigenvalue weighted by atomic mass is 16.4. The van der Waals surface area contributed by atoms with Crippen LogP contribution in [-0.2, 0) is 0 Å². The lowest BCUT2D eigenvalue weighted by Gasteiger charge is -2.09. The summed E-state index contributed by atoms with van der Waals surface area (Å²) in [6.07, 6.45) is 2.72. The highest BCUT2D eigenvalue weighted by Gasteiger charge is 2.06. The Bertz CT molecular complexity index is 558. The van der Waals surface area contributed by atoms with Gasteiger partial charge in [0.1, 0.15) is 5.69 Å². The summed E-state index contributed by atoms with van der Waals surface area (Å²) in [5.74, 6) is -0.444. The van der Waals surface area contributed by atoms with E-state index >= 15 is 0 Å². The fraction of sp³-hybridized carbons (Fsp3) is 0.250. The van der Waals surface area contributed by atoms with Gasteiger partial charge in [-0.3, -0.25) is 0 Å². The molecule has 3 heteroatoms. The number of rotatable bonds is 4. The average Bonchev–Trinajstić information content (AvgIpc) is 2.46. The molecule has 98 valence electrons. The van der Waals surface area contributed by atoms with E-state index in [1.807, 2.05) is 0 Å². The molecule has 0 bridgehead atoms. The second kappa shape index (κ2) is 5.65. The molecule has 0 aliphatic rings. The maximum absolute atomic E-state index is 10.7. The summed E-state index contributed by atoms with van der Waals surface area (Å²) in [5.41, 5.74) is 3.37. The van der Waals surface area contributed by atoms with Crippen molar-refractivity contribution in [2.24, 2.45) is 0 Å². The molecule has 0 aliphatic carbocycles. The monoisotopic (exact) mass is 255 g/mol. The van der Waals surface area contributed by atoms with Crippen molar-refractivity contribution in [1.29, 1.82) is 0 Å². The molecular formula is C16H17NO2. The van der Waals surface area contributed by atoms with Gasteiger partial charge in [-0.05, 0) is 29.5 Å². The van der Waals surface area contributed by atoms with Crippen molar-refractivity contribution in [3.8, 4) is 11.1 Å². The fourth-order valence-electron chi connectivity index (χ4n) is 1.93. The molecule has 0 fully saturated rings. The van der Waals surface area contributed by atoms with Gasteiger partial charge < -0.3 is 5.11 Å². The molecule has 0 aliphatic heterocycles. The summed E-state index contributed by atoms with van der Waals surface area (Å²) in [7, 11) is 0. The topological polar surface area (TPSA) is 50.2 Å². The van der Waals surface area contributed by atoms with Crippen LogP contribution in [0.1, 0.15) is 42.2 Å². The van der Waals surface area contributed by atoms with Gasteiger partial charge in [-0.25, -0.2) is 9.78 Å². The first-order chi connectivity index (χ1) is 9.11. The largest absolute Gasteiger partial charge is 0.477 e. The molecule has 0 saturated carbocycles. The van der Waals surface area contributed by atoms with E-state index in [1.165, 1.54) is 11.6 Å². The van der Waals surface area contributed by atoms with Gasteiger partial charge in [0.2, 0.25) is 0 Å². The number of hydrogen-bond donors (Lipinski definition) is 1. The van der Waals surface area contributed by atoms with Crippen LogP contribution in [-0.4, -0.2) is 16.1 Å². The van der Waals surface area contributed by atoms with Gasteiger partial charge in [-0.2, -0.15) is 0 Å². The molecule has 1 atom stereocenters. The summed E-state index contributed by atoms with van der Waals surface area (Å²) in [6, 6.07) is 11.7. The second-order valence-corrected chi connectivity index (χ2v) is 4.67. The fourth-order valence-corrected chi connectivity index (χ4v) is 1.93. The zero-order chi connectivity index (χ0) is 13.8. The van der Waals surface area contributed by atoms with E-state index in [1.54, 1.807) is 12.3 Å². The Hall–Kier alpha value is -2.16. The van der Waals surface area contributed by atoms with Crippen LogP contribution in [0.2, 0.25) is 0 Å². The van der Waals surface area contributed by atoms with E-state index in [0.717, 1.165) is 17.5 Å². The lowest BCUT2D eigenvalue weighted by Crippen LogP contribution is -1.99. The van der Waals surface area contributed by atoms with Gasteiger partial charge >= 0.3 is 5.97 Å². The van der Waals surface area contributed by atoms with E-state index in [9.17, 15) is 4.79 Å². The van der Waals surface area contributed by atoms with Gasteiger partial charge in [-0.1, -0.05) is 44.2 Å². The predicted octanol–water partition coefficient (Wildman–Crippen LogP) is 3.96. The van der Waals surface area contributed by atoms with E-state index < -0.39 is 5.97 Å². The quantitative estimate of drug-likeness (QED) is 0.899. The van der Waals surface area contributed by atoms with Gasteiger partial charge in [0, 0.05) is 11.8 Å². The minimum atomic E-state index is -1.00. The van der Waals surface area contributed by atoms with Crippen LogP contribution >= 0.6 is 0 Å². The third-order valence-electron chi connectivity index (χ3n) is 3.41. The van der Waals surface area contributed by atoms with Crippen molar-refractivity contribution >= 4 is 5.97 Å². The third-order valence-corrected chi connectivity index (χ3v) is 3.41. The van der Waals surface area contributed by atoms with Crippen LogP contribution in [0.4, 0.5) is 0 Å². The van der Waals surface area contributed by atoms with E-state index in [0.29, 0.717) is 5.92 Å². The third kappa shape index (κ3) is 2.99. The van der Waals surface area contributed by atoms with Crippen molar-refractivity contribution in [3.63, 3.8) is 0 Å². The standard InChI is InChI=1S/C16H17NO2/c1-3-11(2)12-4-6-13(7-5-12)14-8-9-15(16(18)19)17-10-14/h4-11H,3H2,1-2H3,(H,18,19). The number of carbonyl (C=O) groups is 1. The van der Waals surface area contributed by atoms with Gasteiger partial charge in [0.05, 0.1) is 0 Å². The molecule has 0 saturated heterocycles. The zero-order valence-corrected chi connectivity index (χ0v) is 11.1. The minimum Gasteiger partial charge on any atom is -0.477 e. The minimum absolute atomic E-state index is 0.0694. The predicted molar refractivity (Wildman–Crippen MR) is 75.3 cm³/mol. The van der Waals surface area contributed by atoms with E-state index in [4.69, 9.17) is 5.11 Å². The van der Waals surface area contributed by atoms with E-state index in [-0.39, 0.29) is 5.69 Å². The zero-order valence-electron chi connectivity index (χ0n) is 11.1. The Morgan fingerprint density at radius 3 is 2.26 bits per heavy atom. The Morgan fingerprint density at radius 2 is 1.79 bits per heavy atom. The number of carboxylic acid groups (broad SMARTS) is 1. The van der Waals surface area contributed by atoms with Gasteiger partial charge in [-0.15, -0.1) is 0 Å². The number of carboxylic acids is 1. The number of aromatic carboxylic acids is 1. The number of pyridine rings is 1. The highest BCUT2D eigenvalue weighted by molar-refractivity contribution is 5.85. The molecule has 2 rings (SSSR count). The highest BCUT2D eigenvalue weighted by Crippen LogP contribution is 2.23. The first-order valence-corrected chi connectivity index (χ1v) is 6.41. The summed E-state index contributed by atoms with van der Waals surface area (Å²) in [5, 5.41) is 8.81. The normalized spacial score (nSPS) is 12.1. The van der Waals surface area contributed by atoms with Crippen molar-refractivity contribution < 1.29 is 9.90 Å². The summed E-state index contributed by atoms with van der Waals surface area (Å²) in [4.78, 5) is 14.7. The Labute approximate surface area is 112 Å². The number of benzene rings is 1. The first-order valence-electron chi connectivity index (χ1n) is 6.41. The molecule has 3 nitrogen and oxygen atoms in total. The van der Waals surface area contributed by atoms with E-state index in [2.05, 4.69) is 43.1 Å². The van der Waals surface area contributed by atoms with Crippen molar-refractivity contribution in [2.75, 3.05) is 0 Å². The maximum atomic E-state index is 10.7. The van der Waals surface area contributed by atoms with Crippen molar-refractivity contribution in [1.82, 2.24) is 4.98 Å². The van der Waals surface area contributed by atoms with Crippen molar-refractivity contribution in [3.05, 3.63) is 53.9 Å². The summed E-state index contributed by atoms with van der Waals surface area (Å²) < 4.78 is 0. The number of hydrogen-bond acceptors (Lipinski definition) is 2. The molecule has 1 aromatic carbocycles. The Kier molecular flexibility index (Phi) is 3.95. The van der Waals surface area contributed by atoms with Crippen molar-refractivity contribution in [2.45, 2.75) is 26.2 Å². The van der Waals surface area contributed by atoms with Crippen LogP contribution in [0, 0.1) is 0 Å². The summed E-state index contributed by atoms with van der Waals surface area (Å²) in [6.45, 7) is 4.38. The molecular weight excluding hydrogens is 238 g/mol. The molecule has 0 radical (unpaired) electrons. The molecule has 2 aromatic rings. The molecule has 19 heavy (non-hydrogen) atoms. The number of nitrogens with zero attached hydrogens (tertiary/aromatic N) is 1. The van der Waals surface area contributed by atoms with Gasteiger partial charge in [0.25, 0.3) is 0 Å². The first kappa shape index (κ1) is 13.3.